The van der Waals surface area contributed by atoms with Gasteiger partial charge in [0.1, 0.15) is 0 Å². The normalized spacial score (nSPS) is 9.12. The van der Waals surface area contributed by atoms with E-state index in [-0.39, 0.29) is 5.69 Å². The highest BCUT2D eigenvalue weighted by atomic mass is 16.1. The van der Waals surface area contributed by atoms with Crippen LogP contribution in [0, 0.1) is 0 Å². The zero-order chi connectivity index (χ0) is 5.98. The molecule has 8 heavy (non-hydrogen) atoms. The Labute approximate surface area is 46.6 Å². The first-order valence-electron chi connectivity index (χ1n) is 2.27. The second-order valence-electron chi connectivity index (χ2n) is 1.35. The van der Waals surface area contributed by atoms with Crippen LogP contribution in [0.4, 0.5) is 0 Å². The van der Waals surface area contributed by atoms with E-state index < -0.39 is 0 Å². The van der Waals surface area contributed by atoms with Gasteiger partial charge in [-0.3, -0.25) is 0 Å². The Hall–Kier alpha value is -0.995. The van der Waals surface area contributed by atoms with Crippen molar-refractivity contribution in [3.63, 3.8) is 0 Å². The first-order valence-corrected chi connectivity index (χ1v) is 2.27. The fourth-order valence-corrected chi connectivity index (χ4v) is 0.420. The SMILES string of the molecule is C[B]c1n[nH]c(=O)[nH]1. The average molecular weight is 110 g/mol. The molecule has 1 heterocycles. The van der Waals surface area contributed by atoms with Gasteiger partial charge >= 0.3 is 5.69 Å². The smallest absolute Gasteiger partial charge is 0.302 e. The molecule has 0 aliphatic rings. The molecular formula is C3H5BN3O. The third kappa shape index (κ3) is 0.802. The van der Waals surface area contributed by atoms with Crippen molar-refractivity contribution >= 4 is 13.0 Å². The lowest BCUT2D eigenvalue weighted by Gasteiger charge is -1.74. The number of aromatic nitrogens is 3. The number of nitrogens with one attached hydrogen (secondary N) is 2. The molecule has 0 atom stereocenters. The molecule has 0 amide bonds. The summed E-state index contributed by atoms with van der Waals surface area (Å²) in [6, 6.07) is 0. The van der Waals surface area contributed by atoms with Crippen LogP contribution < -0.4 is 11.4 Å². The highest BCUT2D eigenvalue weighted by molar-refractivity contribution is 6.49. The number of rotatable bonds is 1. The first kappa shape index (κ1) is 5.15. The molecule has 0 bridgehead atoms. The second-order valence-corrected chi connectivity index (χ2v) is 1.35. The Morgan fingerprint density at radius 3 is 2.75 bits per heavy atom. The van der Waals surface area contributed by atoms with E-state index in [1.807, 2.05) is 0 Å². The Bertz CT molecular complexity index is 214. The van der Waals surface area contributed by atoms with Gasteiger partial charge in [-0.05, 0) is 0 Å². The largest absolute Gasteiger partial charge is 0.339 e. The minimum absolute atomic E-state index is 0.266. The minimum atomic E-state index is -0.266. The lowest BCUT2D eigenvalue weighted by Crippen LogP contribution is -2.17. The quantitative estimate of drug-likeness (QED) is 0.431. The summed E-state index contributed by atoms with van der Waals surface area (Å²) >= 11 is 0. The standard InChI is InChI=1S/C3H5BN3O/c1-4-2-5-3(8)7-6-2/h1H3,(H2,5,6,7,8). The maximum atomic E-state index is 10.3. The number of aromatic amines is 2. The molecule has 41 valence electrons. The van der Waals surface area contributed by atoms with Crippen molar-refractivity contribution in [3.05, 3.63) is 10.5 Å². The lowest BCUT2D eigenvalue weighted by molar-refractivity contribution is 1.06. The molecule has 0 unspecified atom stereocenters. The maximum Gasteiger partial charge on any atom is 0.339 e. The molecule has 1 radical (unpaired) electrons. The van der Waals surface area contributed by atoms with Crippen molar-refractivity contribution in [2.45, 2.75) is 6.82 Å². The summed E-state index contributed by atoms with van der Waals surface area (Å²) in [7, 11) is 1.71. The van der Waals surface area contributed by atoms with Gasteiger partial charge in [-0.2, -0.15) is 5.10 Å². The molecule has 0 fully saturated rings. The van der Waals surface area contributed by atoms with Gasteiger partial charge < -0.3 is 4.98 Å². The van der Waals surface area contributed by atoms with E-state index in [0.29, 0.717) is 5.72 Å². The van der Waals surface area contributed by atoms with Crippen LogP contribution in [-0.2, 0) is 0 Å². The number of H-pyrrole nitrogens is 2. The molecule has 2 N–H and O–H groups in total. The summed E-state index contributed by atoms with van der Waals surface area (Å²) < 4.78 is 0. The van der Waals surface area contributed by atoms with Crippen LogP contribution in [0.3, 0.4) is 0 Å². The summed E-state index contributed by atoms with van der Waals surface area (Å²) in [5.41, 5.74) is 0.313. The van der Waals surface area contributed by atoms with Gasteiger partial charge in [-0.1, -0.05) is 6.82 Å². The van der Waals surface area contributed by atoms with Gasteiger partial charge in [0.25, 0.3) is 0 Å². The molecule has 0 saturated carbocycles. The Balaban J connectivity index is 3.01. The van der Waals surface area contributed by atoms with Crippen LogP contribution >= 0.6 is 0 Å². The summed E-state index contributed by atoms with van der Waals surface area (Å²) in [4.78, 5) is 12.7. The zero-order valence-electron chi connectivity index (χ0n) is 4.43. The van der Waals surface area contributed by atoms with Gasteiger partial charge in [0.05, 0.1) is 5.72 Å². The maximum absolute atomic E-state index is 10.3. The Morgan fingerprint density at radius 1 is 1.75 bits per heavy atom. The highest BCUT2D eigenvalue weighted by Gasteiger charge is 1.91. The van der Waals surface area contributed by atoms with E-state index in [4.69, 9.17) is 0 Å². The number of nitrogens with zero attached hydrogens (tertiary/aromatic N) is 1. The van der Waals surface area contributed by atoms with E-state index in [9.17, 15) is 4.79 Å². The van der Waals surface area contributed by atoms with Crippen LogP contribution in [0.2, 0.25) is 6.82 Å². The lowest BCUT2D eigenvalue weighted by atomic mass is 9.82. The van der Waals surface area contributed by atoms with Crippen LogP contribution in [0.1, 0.15) is 0 Å². The van der Waals surface area contributed by atoms with Crippen LogP contribution in [0.25, 0.3) is 0 Å². The Kier molecular flexibility index (Phi) is 1.19. The minimum Gasteiger partial charge on any atom is -0.302 e. The molecule has 4 nitrogen and oxygen atoms in total. The summed E-state index contributed by atoms with van der Waals surface area (Å²) in [5.74, 6) is 0. The molecule has 0 aliphatic heterocycles. The topological polar surface area (TPSA) is 61.5 Å². The zero-order valence-corrected chi connectivity index (χ0v) is 4.43. The van der Waals surface area contributed by atoms with Crippen molar-refractivity contribution in [2.24, 2.45) is 0 Å². The van der Waals surface area contributed by atoms with Crippen molar-refractivity contribution in [3.8, 4) is 0 Å². The molecule has 0 aliphatic carbocycles. The van der Waals surface area contributed by atoms with Crippen LogP contribution in [0.15, 0.2) is 4.79 Å². The summed E-state index contributed by atoms with van der Waals surface area (Å²) in [6.45, 7) is 1.80. The predicted octanol–water partition coefficient (Wildman–Crippen LogP) is -1.52. The fraction of sp³-hybridized carbons (Fsp3) is 0.333. The van der Waals surface area contributed by atoms with Crippen LogP contribution in [-0.4, -0.2) is 22.5 Å². The second kappa shape index (κ2) is 1.86. The van der Waals surface area contributed by atoms with Crippen molar-refractivity contribution in [1.29, 1.82) is 0 Å². The highest BCUT2D eigenvalue weighted by Crippen LogP contribution is 1.50. The van der Waals surface area contributed by atoms with Gasteiger partial charge in [0.15, 0.2) is 0 Å². The van der Waals surface area contributed by atoms with E-state index in [1.54, 1.807) is 14.1 Å². The molecule has 0 aromatic carbocycles. The Morgan fingerprint density at radius 2 is 2.50 bits per heavy atom. The molecular weight excluding hydrogens is 105 g/mol. The van der Waals surface area contributed by atoms with E-state index in [1.165, 1.54) is 0 Å². The van der Waals surface area contributed by atoms with Gasteiger partial charge in [0.2, 0.25) is 7.28 Å². The average Bonchev–Trinajstić information content (AvgIpc) is 2.14. The fourth-order valence-electron chi connectivity index (χ4n) is 0.420. The third-order valence-corrected chi connectivity index (χ3v) is 0.793. The monoisotopic (exact) mass is 110 g/mol. The van der Waals surface area contributed by atoms with Gasteiger partial charge in [-0.15, -0.1) is 0 Å². The molecule has 1 aromatic rings. The van der Waals surface area contributed by atoms with Gasteiger partial charge in [-0.25, -0.2) is 9.89 Å². The first-order chi connectivity index (χ1) is 3.83. The number of hydrogen-bond donors (Lipinski definition) is 2. The summed E-state index contributed by atoms with van der Waals surface area (Å²) in [6.07, 6.45) is 0. The van der Waals surface area contributed by atoms with E-state index in [0.717, 1.165) is 0 Å². The molecule has 0 spiro atoms. The van der Waals surface area contributed by atoms with E-state index in [2.05, 4.69) is 15.2 Å². The molecule has 5 heteroatoms. The van der Waals surface area contributed by atoms with Crippen molar-refractivity contribution in [1.82, 2.24) is 15.2 Å². The third-order valence-electron chi connectivity index (χ3n) is 0.793. The van der Waals surface area contributed by atoms with Crippen molar-refractivity contribution < 1.29 is 0 Å². The van der Waals surface area contributed by atoms with Gasteiger partial charge in [0, 0.05) is 0 Å². The predicted molar refractivity (Wildman–Crippen MR) is 30.5 cm³/mol. The number of hydrogen-bond acceptors (Lipinski definition) is 2. The van der Waals surface area contributed by atoms with Crippen LogP contribution in [0.5, 0.6) is 0 Å². The molecule has 1 rings (SSSR count). The summed E-state index contributed by atoms with van der Waals surface area (Å²) in [5, 5.41) is 5.81. The molecule has 1 aromatic heterocycles. The van der Waals surface area contributed by atoms with Crippen molar-refractivity contribution in [2.75, 3.05) is 0 Å². The molecule has 0 saturated heterocycles. The van der Waals surface area contributed by atoms with E-state index >= 15 is 0 Å².